The highest BCUT2D eigenvalue weighted by Crippen LogP contribution is 2.69. The van der Waals surface area contributed by atoms with E-state index in [0.717, 1.165) is 52.0 Å². The van der Waals surface area contributed by atoms with Crippen molar-refractivity contribution < 1.29 is 14.2 Å². The first-order chi connectivity index (χ1) is 25.3. The molecule has 5 unspecified atom stereocenters. The molecule has 52 heavy (non-hydrogen) atoms. The van der Waals surface area contributed by atoms with Crippen LogP contribution in [0.5, 0.6) is 0 Å². The highest BCUT2D eigenvalue weighted by Gasteiger charge is 2.66. The summed E-state index contributed by atoms with van der Waals surface area (Å²) in [7, 11) is 0. The van der Waals surface area contributed by atoms with Gasteiger partial charge in [0.05, 0.1) is 18.3 Å². The number of hydrogen-bond acceptors (Lipinski definition) is 7. The monoisotopic (exact) mass is 733 g/mol. The Hall–Kier alpha value is -0.280. The maximum atomic E-state index is 7.06. The van der Waals surface area contributed by atoms with E-state index in [1.165, 1.54) is 122 Å². The van der Waals surface area contributed by atoms with Crippen LogP contribution in [0.3, 0.4) is 0 Å². The Bertz CT molecular complexity index is 940. The molecule has 0 aromatic carbocycles. The van der Waals surface area contributed by atoms with Crippen molar-refractivity contribution in [2.75, 3.05) is 52.5 Å². The molecule has 4 rings (SSSR count). The first kappa shape index (κ1) is 44.4. The van der Waals surface area contributed by atoms with Gasteiger partial charge in [-0.1, -0.05) is 85.5 Å². The summed E-state index contributed by atoms with van der Waals surface area (Å²) in [5.74, 6) is 3.92. The van der Waals surface area contributed by atoms with E-state index in [9.17, 15) is 0 Å². The number of nitrogens with two attached hydrogens (primary N) is 3. The van der Waals surface area contributed by atoms with Gasteiger partial charge in [-0.05, 0) is 157 Å². The zero-order valence-electron chi connectivity index (χ0n) is 34.9. The van der Waals surface area contributed by atoms with Crippen molar-refractivity contribution in [3.05, 3.63) is 0 Å². The van der Waals surface area contributed by atoms with Crippen LogP contribution in [-0.4, -0.2) is 70.9 Å². The van der Waals surface area contributed by atoms with E-state index >= 15 is 0 Å². The van der Waals surface area contributed by atoms with E-state index in [0.29, 0.717) is 78.9 Å². The largest absolute Gasteiger partial charge is 0.378 e. The van der Waals surface area contributed by atoms with E-state index in [1.807, 2.05) is 0 Å². The maximum absolute atomic E-state index is 7.06. The Kier molecular flexibility index (Phi) is 20.3. The Balaban J connectivity index is 1.36. The minimum absolute atomic E-state index is 0.180. The molecule has 7 N–H and O–H groups in total. The lowest BCUT2D eigenvalue weighted by Gasteiger charge is -2.65. The molecular weight excluding hydrogens is 645 g/mol. The van der Waals surface area contributed by atoms with Crippen LogP contribution in [0.15, 0.2) is 0 Å². The number of fused-ring (bicyclic) bond motifs is 5. The Morgan fingerprint density at radius 3 is 1.94 bits per heavy atom. The fourth-order valence-electron chi connectivity index (χ4n) is 12.2. The van der Waals surface area contributed by atoms with Gasteiger partial charge < -0.3 is 36.7 Å². The second-order valence-corrected chi connectivity index (χ2v) is 18.5. The second kappa shape index (κ2) is 23.7. The van der Waals surface area contributed by atoms with Crippen molar-refractivity contribution in [2.24, 2.45) is 63.5 Å². The highest BCUT2D eigenvalue weighted by molar-refractivity contribution is 5.15. The van der Waals surface area contributed by atoms with Crippen LogP contribution in [-0.2, 0) is 14.2 Å². The van der Waals surface area contributed by atoms with Gasteiger partial charge in [-0.15, -0.1) is 0 Å². The lowest BCUT2D eigenvalue weighted by molar-refractivity contribution is -0.227. The summed E-state index contributed by atoms with van der Waals surface area (Å²) in [6, 6.07) is 0. The van der Waals surface area contributed by atoms with E-state index in [2.05, 4.69) is 33.0 Å². The van der Waals surface area contributed by atoms with Gasteiger partial charge in [-0.2, -0.15) is 0 Å². The molecule has 11 atom stereocenters. The van der Waals surface area contributed by atoms with Gasteiger partial charge >= 0.3 is 0 Å². The highest BCUT2D eigenvalue weighted by atomic mass is 16.5. The van der Waals surface area contributed by atoms with Gasteiger partial charge in [0.1, 0.15) is 0 Å². The fourth-order valence-corrected chi connectivity index (χ4v) is 12.2. The van der Waals surface area contributed by atoms with Crippen LogP contribution in [0.4, 0.5) is 0 Å². The van der Waals surface area contributed by atoms with Gasteiger partial charge in [-0.25, -0.2) is 0 Å². The van der Waals surface area contributed by atoms with Crippen LogP contribution in [0.2, 0.25) is 0 Å². The van der Waals surface area contributed by atoms with Crippen LogP contribution < -0.4 is 22.5 Å². The third-order valence-corrected chi connectivity index (χ3v) is 15.2. The SMILES string of the molecule is CCCCCCCCCCCCNCCC[C@@H](C)C1CC[C@H]2C3[C@H](OCCCN)CC4C[C@H](OCCCN)CCC4(C)[C@H]3C[C@H](OCCCN)C12C. The molecule has 0 radical (unpaired) electrons. The molecule has 0 spiro atoms. The molecule has 4 aliphatic carbocycles. The van der Waals surface area contributed by atoms with Gasteiger partial charge in [0, 0.05) is 25.2 Å². The summed E-state index contributed by atoms with van der Waals surface area (Å²) in [6.45, 7) is 17.0. The second-order valence-electron chi connectivity index (χ2n) is 18.5. The average Bonchev–Trinajstić information content (AvgIpc) is 3.50. The molecular formula is C45H88N4O3. The van der Waals surface area contributed by atoms with Gasteiger partial charge in [0.25, 0.3) is 0 Å². The lowest BCUT2D eigenvalue weighted by Crippen LogP contribution is -2.63. The molecule has 4 saturated carbocycles. The van der Waals surface area contributed by atoms with E-state index < -0.39 is 0 Å². The predicted molar refractivity (Wildman–Crippen MR) is 219 cm³/mol. The van der Waals surface area contributed by atoms with Crippen LogP contribution >= 0.6 is 0 Å². The average molecular weight is 733 g/mol. The van der Waals surface area contributed by atoms with E-state index in [-0.39, 0.29) is 5.41 Å². The summed E-state index contributed by atoms with van der Waals surface area (Å²) < 4.78 is 20.4. The summed E-state index contributed by atoms with van der Waals surface area (Å²) in [6.07, 6.45) is 29.1. The summed E-state index contributed by atoms with van der Waals surface area (Å²) in [5.41, 5.74) is 18.3. The van der Waals surface area contributed by atoms with E-state index in [4.69, 9.17) is 31.4 Å². The minimum atomic E-state index is 0.180. The Morgan fingerprint density at radius 1 is 0.654 bits per heavy atom. The normalized spacial score (nSPS) is 34.9. The zero-order chi connectivity index (χ0) is 37.2. The minimum Gasteiger partial charge on any atom is -0.378 e. The summed E-state index contributed by atoms with van der Waals surface area (Å²) in [5, 5.41) is 3.80. The number of rotatable bonds is 28. The van der Waals surface area contributed by atoms with Crippen molar-refractivity contribution in [3.63, 3.8) is 0 Å². The third-order valence-electron chi connectivity index (χ3n) is 15.2. The molecule has 0 heterocycles. The summed E-state index contributed by atoms with van der Waals surface area (Å²) >= 11 is 0. The quantitative estimate of drug-likeness (QED) is 0.0594. The molecule has 306 valence electrons. The molecule has 4 aliphatic rings. The van der Waals surface area contributed by atoms with Crippen LogP contribution in [0.1, 0.15) is 169 Å². The van der Waals surface area contributed by atoms with Gasteiger partial charge in [0.2, 0.25) is 0 Å². The lowest BCUT2D eigenvalue weighted by atomic mass is 9.43. The van der Waals surface area contributed by atoms with Crippen LogP contribution in [0.25, 0.3) is 0 Å². The number of hydrogen-bond donors (Lipinski definition) is 4. The van der Waals surface area contributed by atoms with Crippen molar-refractivity contribution >= 4 is 0 Å². The molecule has 4 fully saturated rings. The molecule has 0 bridgehead atoms. The van der Waals surface area contributed by atoms with Gasteiger partial charge in [0.15, 0.2) is 0 Å². The van der Waals surface area contributed by atoms with Crippen molar-refractivity contribution in [1.82, 2.24) is 5.32 Å². The topological polar surface area (TPSA) is 118 Å². The molecule has 7 heteroatoms. The first-order valence-corrected chi connectivity index (χ1v) is 23.0. The standard InChI is InChI=1S/C45H88N4O3/c1-5-6-7-8-9-10-11-12-13-14-27-49-28-15-19-35(2)38-20-21-39-43-40(34-42(45(38,39)4)52-31-18-26-48)44(3)23-22-37(50-29-16-24-46)32-36(44)33-41(43)51-30-17-25-47/h35-43,49H,5-34,46-48H2,1-4H3/t35-,36?,37-,38?,39+,40+,41-,42+,43?,44?,45?/m1/s1. The maximum Gasteiger partial charge on any atom is 0.0637 e. The molecule has 0 amide bonds. The molecule has 0 aromatic heterocycles. The zero-order valence-corrected chi connectivity index (χ0v) is 34.9. The predicted octanol–water partition coefficient (Wildman–Crippen LogP) is 8.99. The number of ether oxygens (including phenoxy) is 3. The number of nitrogens with one attached hydrogen (secondary N) is 1. The first-order valence-electron chi connectivity index (χ1n) is 23.0. The van der Waals surface area contributed by atoms with Crippen molar-refractivity contribution in [1.29, 1.82) is 0 Å². The molecule has 0 saturated heterocycles. The van der Waals surface area contributed by atoms with Crippen LogP contribution in [0, 0.1) is 46.3 Å². The van der Waals surface area contributed by atoms with Gasteiger partial charge in [-0.3, -0.25) is 0 Å². The Labute approximate surface area is 322 Å². The Morgan fingerprint density at radius 2 is 1.27 bits per heavy atom. The summed E-state index contributed by atoms with van der Waals surface area (Å²) in [4.78, 5) is 0. The molecule has 7 nitrogen and oxygen atoms in total. The third kappa shape index (κ3) is 11.9. The van der Waals surface area contributed by atoms with E-state index in [1.54, 1.807) is 0 Å². The smallest absolute Gasteiger partial charge is 0.0637 e. The molecule has 0 aromatic rings. The van der Waals surface area contributed by atoms with Crippen molar-refractivity contribution in [3.8, 4) is 0 Å². The van der Waals surface area contributed by atoms with Crippen molar-refractivity contribution in [2.45, 2.75) is 187 Å². The number of unbranched alkanes of at least 4 members (excludes halogenated alkanes) is 9. The fraction of sp³-hybridized carbons (Fsp3) is 1.00. The molecule has 0 aliphatic heterocycles.